The highest BCUT2D eigenvalue weighted by atomic mass is 32.2. The molecule has 0 radical (unpaired) electrons. The van der Waals surface area contributed by atoms with Crippen LogP contribution in [0, 0.1) is 5.82 Å². The maximum atomic E-state index is 13.9. The Morgan fingerprint density at radius 2 is 2.00 bits per heavy atom. The third-order valence-corrected chi connectivity index (χ3v) is 5.93. The van der Waals surface area contributed by atoms with Crippen molar-refractivity contribution in [2.75, 3.05) is 19.3 Å². The number of hydrogen-bond donors (Lipinski definition) is 1. The van der Waals surface area contributed by atoms with Crippen molar-refractivity contribution >= 4 is 27.7 Å². The summed E-state index contributed by atoms with van der Waals surface area (Å²) >= 11 is 0. The summed E-state index contributed by atoms with van der Waals surface area (Å²) in [7, 11) is -0.939. The van der Waals surface area contributed by atoms with E-state index in [1.54, 1.807) is 18.4 Å². The second-order valence-electron chi connectivity index (χ2n) is 7.24. The van der Waals surface area contributed by atoms with Gasteiger partial charge in [0.05, 0.1) is 5.52 Å². The fraction of sp³-hybridized carbons (Fsp3) is 0.333. The van der Waals surface area contributed by atoms with Crippen molar-refractivity contribution < 1.29 is 13.4 Å². The summed E-state index contributed by atoms with van der Waals surface area (Å²) < 4.78 is 25.3. The first kappa shape index (κ1) is 18.8. The van der Waals surface area contributed by atoms with E-state index in [1.807, 2.05) is 29.2 Å². The molecule has 1 aromatic heterocycles. The van der Waals surface area contributed by atoms with Gasteiger partial charge < -0.3 is 9.88 Å². The normalized spacial score (nSPS) is 16.4. The van der Waals surface area contributed by atoms with Crippen molar-refractivity contribution in [3.8, 4) is 0 Å². The van der Waals surface area contributed by atoms with Gasteiger partial charge in [0.25, 0.3) is 5.91 Å². The summed E-state index contributed by atoms with van der Waals surface area (Å²) in [6, 6.07) is 12.3. The number of benzene rings is 2. The first-order valence-electron chi connectivity index (χ1n) is 9.33. The van der Waals surface area contributed by atoms with E-state index in [2.05, 4.69) is 9.97 Å². The first-order chi connectivity index (χ1) is 13.5. The van der Waals surface area contributed by atoms with E-state index >= 15 is 0 Å². The van der Waals surface area contributed by atoms with Crippen LogP contribution in [0.3, 0.4) is 0 Å². The van der Waals surface area contributed by atoms with Gasteiger partial charge in [-0.3, -0.25) is 9.00 Å². The SMILES string of the molecule is C[S@](=O)Cc1cccc(C(=O)N2CCC(c3nc4c(F)cccc4[nH]3)CC2)c1. The summed E-state index contributed by atoms with van der Waals surface area (Å²) in [5, 5.41) is 0. The molecule has 0 spiro atoms. The number of halogens is 1. The lowest BCUT2D eigenvalue weighted by molar-refractivity contribution is 0.0711. The Bertz CT molecular complexity index is 1040. The zero-order valence-corrected chi connectivity index (χ0v) is 16.5. The number of likely N-dealkylation sites (tertiary alicyclic amines) is 1. The number of fused-ring (bicyclic) bond motifs is 1. The van der Waals surface area contributed by atoms with E-state index in [0.29, 0.717) is 35.4 Å². The number of nitrogens with zero attached hydrogens (tertiary/aromatic N) is 2. The largest absolute Gasteiger partial charge is 0.342 e. The number of para-hydroxylation sites is 1. The lowest BCUT2D eigenvalue weighted by Crippen LogP contribution is -2.38. The number of aromatic amines is 1. The van der Waals surface area contributed by atoms with E-state index in [-0.39, 0.29) is 17.6 Å². The van der Waals surface area contributed by atoms with Gasteiger partial charge in [0.2, 0.25) is 0 Å². The summed E-state index contributed by atoms with van der Waals surface area (Å²) in [4.78, 5) is 22.4. The summed E-state index contributed by atoms with van der Waals surface area (Å²) in [5.41, 5.74) is 2.62. The quantitative estimate of drug-likeness (QED) is 0.729. The average Bonchev–Trinajstić information content (AvgIpc) is 3.13. The van der Waals surface area contributed by atoms with Crippen LogP contribution in [0.25, 0.3) is 11.0 Å². The molecule has 2 heterocycles. The molecule has 1 saturated heterocycles. The standard InChI is InChI=1S/C21H22FN3O2S/c1-28(27)13-14-4-2-5-16(12-14)21(26)25-10-8-15(9-11-25)20-23-18-7-3-6-17(22)19(18)24-20/h2-7,12,15H,8-11,13H2,1H3,(H,23,24)/t28-/m0/s1. The number of hydrogen-bond acceptors (Lipinski definition) is 3. The van der Waals surface area contributed by atoms with Gasteiger partial charge in [-0.15, -0.1) is 0 Å². The Hall–Kier alpha value is -2.54. The van der Waals surface area contributed by atoms with Gasteiger partial charge in [-0.1, -0.05) is 18.2 Å². The fourth-order valence-corrected chi connectivity index (χ4v) is 4.43. The Labute approximate surface area is 165 Å². The van der Waals surface area contributed by atoms with Crippen LogP contribution in [0.4, 0.5) is 4.39 Å². The molecule has 0 aliphatic carbocycles. The molecule has 28 heavy (non-hydrogen) atoms. The van der Waals surface area contributed by atoms with Crippen LogP contribution in [-0.4, -0.2) is 44.3 Å². The van der Waals surface area contributed by atoms with Crippen molar-refractivity contribution in [2.45, 2.75) is 24.5 Å². The first-order valence-corrected chi connectivity index (χ1v) is 11.1. The van der Waals surface area contributed by atoms with E-state index in [1.165, 1.54) is 6.07 Å². The van der Waals surface area contributed by atoms with Gasteiger partial charge >= 0.3 is 0 Å². The van der Waals surface area contributed by atoms with E-state index in [4.69, 9.17) is 0 Å². The minimum absolute atomic E-state index is 0.00200. The van der Waals surface area contributed by atoms with Gasteiger partial charge in [0.1, 0.15) is 11.3 Å². The number of imidazole rings is 1. The monoisotopic (exact) mass is 399 g/mol. The molecule has 1 fully saturated rings. The number of rotatable bonds is 4. The zero-order valence-electron chi connectivity index (χ0n) is 15.7. The van der Waals surface area contributed by atoms with Crippen LogP contribution in [0.1, 0.15) is 40.5 Å². The highest BCUT2D eigenvalue weighted by Crippen LogP contribution is 2.29. The lowest BCUT2D eigenvalue weighted by atomic mass is 9.95. The number of H-pyrrole nitrogens is 1. The van der Waals surface area contributed by atoms with Gasteiger partial charge in [-0.05, 0) is 42.7 Å². The smallest absolute Gasteiger partial charge is 0.253 e. The van der Waals surface area contributed by atoms with E-state index in [9.17, 15) is 13.4 Å². The second-order valence-corrected chi connectivity index (χ2v) is 8.68. The van der Waals surface area contributed by atoms with Crippen LogP contribution in [-0.2, 0) is 16.6 Å². The predicted octanol–water partition coefficient (Wildman–Crippen LogP) is 3.60. The molecular formula is C21H22FN3O2S. The Balaban J connectivity index is 1.44. The van der Waals surface area contributed by atoms with Gasteiger partial charge in [-0.2, -0.15) is 0 Å². The number of nitrogens with one attached hydrogen (secondary N) is 1. The highest BCUT2D eigenvalue weighted by molar-refractivity contribution is 7.83. The molecule has 0 unspecified atom stereocenters. The van der Waals surface area contributed by atoms with Crippen molar-refractivity contribution in [2.24, 2.45) is 0 Å². The van der Waals surface area contributed by atoms with Gasteiger partial charge in [-0.25, -0.2) is 9.37 Å². The van der Waals surface area contributed by atoms with Crippen molar-refractivity contribution in [1.29, 1.82) is 0 Å². The third kappa shape index (κ3) is 3.85. The van der Waals surface area contributed by atoms with E-state index in [0.717, 1.165) is 24.2 Å². The molecule has 0 bridgehead atoms. The summed E-state index contributed by atoms with van der Waals surface area (Å²) in [6.45, 7) is 1.26. The van der Waals surface area contributed by atoms with Crippen molar-refractivity contribution in [3.05, 3.63) is 65.2 Å². The number of piperidine rings is 1. The molecule has 0 saturated carbocycles. The van der Waals surface area contributed by atoms with Gasteiger partial charge in [0, 0.05) is 47.4 Å². The number of amides is 1. The van der Waals surface area contributed by atoms with Crippen molar-refractivity contribution in [1.82, 2.24) is 14.9 Å². The molecule has 1 N–H and O–H groups in total. The molecule has 146 valence electrons. The molecule has 2 aromatic carbocycles. The Kier molecular flexibility index (Phi) is 5.26. The molecule has 1 aliphatic heterocycles. The highest BCUT2D eigenvalue weighted by Gasteiger charge is 2.26. The zero-order chi connectivity index (χ0) is 19.7. The summed E-state index contributed by atoms with van der Waals surface area (Å²) in [6.07, 6.45) is 3.22. The Morgan fingerprint density at radius 1 is 1.25 bits per heavy atom. The molecule has 1 amide bonds. The van der Waals surface area contributed by atoms with Crippen LogP contribution >= 0.6 is 0 Å². The number of aromatic nitrogens is 2. The fourth-order valence-electron chi connectivity index (χ4n) is 3.78. The minimum atomic E-state index is -0.939. The predicted molar refractivity (Wildman–Crippen MR) is 108 cm³/mol. The van der Waals surface area contributed by atoms with E-state index < -0.39 is 10.8 Å². The molecule has 5 nitrogen and oxygen atoms in total. The topological polar surface area (TPSA) is 66.1 Å². The number of carbonyl (C=O) groups is 1. The summed E-state index contributed by atoms with van der Waals surface area (Å²) in [5.74, 6) is 1.11. The van der Waals surface area contributed by atoms with Crippen LogP contribution < -0.4 is 0 Å². The molecular weight excluding hydrogens is 377 g/mol. The maximum absolute atomic E-state index is 13.9. The molecule has 1 aliphatic rings. The average molecular weight is 399 g/mol. The number of carbonyl (C=O) groups excluding carboxylic acids is 1. The minimum Gasteiger partial charge on any atom is -0.342 e. The van der Waals surface area contributed by atoms with Crippen LogP contribution in [0.5, 0.6) is 0 Å². The molecule has 1 atom stereocenters. The van der Waals surface area contributed by atoms with Crippen LogP contribution in [0.15, 0.2) is 42.5 Å². The third-order valence-electron chi connectivity index (χ3n) is 5.19. The Morgan fingerprint density at radius 3 is 2.71 bits per heavy atom. The van der Waals surface area contributed by atoms with Crippen molar-refractivity contribution in [3.63, 3.8) is 0 Å². The molecule has 3 aromatic rings. The van der Waals surface area contributed by atoms with Crippen LogP contribution in [0.2, 0.25) is 0 Å². The maximum Gasteiger partial charge on any atom is 0.253 e. The second kappa shape index (κ2) is 7.83. The lowest BCUT2D eigenvalue weighted by Gasteiger charge is -2.31. The van der Waals surface area contributed by atoms with Gasteiger partial charge in [0.15, 0.2) is 5.82 Å². The molecule has 7 heteroatoms. The molecule has 4 rings (SSSR count).